The summed E-state index contributed by atoms with van der Waals surface area (Å²) >= 11 is 0. The quantitative estimate of drug-likeness (QED) is 0.802. The highest BCUT2D eigenvalue weighted by atomic mass is 19.4. The van der Waals surface area contributed by atoms with Gasteiger partial charge in [-0.2, -0.15) is 13.2 Å². The molecular weight excluding hydrogens is 276 g/mol. The van der Waals surface area contributed by atoms with Crippen molar-refractivity contribution in [2.75, 3.05) is 13.1 Å². The third-order valence-corrected chi connectivity index (χ3v) is 3.85. The number of hydrogen-bond acceptors (Lipinski definition) is 2. The number of piperazine rings is 1. The van der Waals surface area contributed by atoms with E-state index in [0.29, 0.717) is 19.2 Å². The van der Waals surface area contributed by atoms with E-state index >= 15 is 0 Å². The number of rotatable bonds is 1. The minimum Gasteiger partial charge on any atom is -0.333 e. The topological polar surface area (TPSA) is 32.3 Å². The summed E-state index contributed by atoms with van der Waals surface area (Å²) in [5, 5.41) is 3.17. The molecule has 2 bridgehead atoms. The maximum Gasteiger partial charge on any atom is 0.419 e. The molecule has 0 spiro atoms. The van der Waals surface area contributed by atoms with Crippen LogP contribution >= 0.6 is 0 Å². The number of carbonyl (C=O) groups excluding carboxylic acids is 1. The number of nitrogens with zero attached hydrogens (tertiary/aromatic N) is 1. The molecule has 20 heavy (non-hydrogen) atoms. The Balaban J connectivity index is 1.93. The fourth-order valence-corrected chi connectivity index (χ4v) is 2.88. The Hall–Kier alpha value is -1.63. The second kappa shape index (κ2) is 4.44. The molecule has 2 unspecified atom stereocenters. The van der Waals surface area contributed by atoms with Gasteiger partial charge in [0.2, 0.25) is 0 Å². The zero-order valence-electron chi connectivity index (χ0n) is 10.4. The van der Waals surface area contributed by atoms with Crippen LogP contribution in [0.2, 0.25) is 0 Å². The van der Waals surface area contributed by atoms with Crippen LogP contribution in [-0.4, -0.2) is 36.0 Å². The maximum atomic E-state index is 13.9. The first-order valence-corrected chi connectivity index (χ1v) is 6.28. The molecule has 7 heteroatoms. The molecule has 108 valence electrons. The van der Waals surface area contributed by atoms with Gasteiger partial charge in [-0.15, -0.1) is 0 Å². The van der Waals surface area contributed by atoms with Gasteiger partial charge in [0.25, 0.3) is 5.91 Å². The van der Waals surface area contributed by atoms with Crippen LogP contribution in [0.25, 0.3) is 0 Å². The monoisotopic (exact) mass is 288 g/mol. The highest BCUT2D eigenvalue weighted by Gasteiger charge is 2.42. The lowest BCUT2D eigenvalue weighted by atomic mass is 10.1. The number of alkyl halides is 3. The summed E-state index contributed by atoms with van der Waals surface area (Å²) in [5.74, 6) is -2.15. The van der Waals surface area contributed by atoms with Crippen LogP contribution in [0.15, 0.2) is 18.2 Å². The van der Waals surface area contributed by atoms with Gasteiger partial charge in [-0.3, -0.25) is 4.79 Å². The van der Waals surface area contributed by atoms with Gasteiger partial charge in [0.1, 0.15) is 5.82 Å². The van der Waals surface area contributed by atoms with E-state index in [-0.39, 0.29) is 12.1 Å². The summed E-state index contributed by atoms with van der Waals surface area (Å²) in [7, 11) is 0. The first kappa shape index (κ1) is 13.4. The molecule has 2 heterocycles. The lowest BCUT2D eigenvalue weighted by Crippen LogP contribution is -2.46. The number of hydrogen-bond donors (Lipinski definition) is 1. The van der Waals surface area contributed by atoms with Crippen molar-refractivity contribution in [2.45, 2.75) is 24.7 Å². The molecule has 2 fully saturated rings. The van der Waals surface area contributed by atoms with E-state index in [4.69, 9.17) is 0 Å². The standard InChI is InChI=1S/C13H12F4N2O/c14-11-9(2-1-3-10(11)13(15,16)17)12(20)19-6-7-4-8(19)5-18-7/h1-3,7-8,18H,4-6H2. The molecule has 2 atom stereocenters. The van der Waals surface area contributed by atoms with Crippen LogP contribution in [-0.2, 0) is 6.18 Å². The second-order valence-corrected chi connectivity index (χ2v) is 5.12. The number of likely N-dealkylation sites (tertiary alicyclic amines) is 1. The van der Waals surface area contributed by atoms with Gasteiger partial charge in [-0.05, 0) is 18.6 Å². The van der Waals surface area contributed by atoms with Crippen LogP contribution in [0, 0.1) is 5.82 Å². The Morgan fingerprint density at radius 1 is 1.35 bits per heavy atom. The Bertz CT molecular complexity index is 558. The van der Waals surface area contributed by atoms with Crippen LogP contribution in [0.4, 0.5) is 17.6 Å². The predicted molar refractivity (Wildman–Crippen MR) is 62.6 cm³/mol. The number of nitrogens with one attached hydrogen (secondary N) is 1. The average Bonchev–Trinajstić information content (AvgIpc) is 2.99. The van der Waals surface area contributed by atoms with E-state index in [9.17, 15) is 22.4 Å². The zero-order valence-corrected chi connectivity index (χ0v) is 10.4. The third-order valence-electron chi connectivity index (χ3n) is 3.85. The first-order chi connectivity index (χ1) is 9.38. The predicted octanol–water partition coefficient (Wildman–Crippen LogP) is 2.03. The van der Waals surface area contributed by atoms with Crippen molar-refractivity contribution >= 4 is 5.91 Å². The number of halogens is 4. The normalized spacial score (nSPS) is 25.3. The van der Waals surface area contributed by atoms with Crippen molar-refractivity contribution in [3.05, 3.63) is 35.1 Å². The van der Waals surface area contributed by atoms with Gasteiger partial charge < -0.3 is 10.2 Å². The fourth-order valence-electron chi connectivity index (χ4n) is 2.88. The van der Waals surface area contributed by atoms with Crippen molar-refractivity contribution in [1.82, 2.24) is 10.2 Å². The fraction of sp³-hybridized carbons (Fsp3) is 0.462. The molecule has 2 aliphatic rings. The summed E-state index contributed by atoms with van der Waals surface area (Å²) < 4.78 is 51.9. The number of amides is 1. The summed E-state index contributed by atoms with van der Waals surface area (Å²) in [5.41, 5.74) is -1.90. The molecule has 0 radical (unpaired) electrons. The van der Waals surface area contributed by atoms with Gasteiger partial charge in [0.15, 0.2) is 0 Å². The van der Waals surface area contributed by atoms with Gasteiger partial charge in [0.05, 0.1) is 11.1 Å². The summed E-state index contributed by atoms with van der Waals surface area (Å²) in [4.78, 5) is 13.7. The summed E-state index contributed by atoms with van der Waals surface area (Å²) in [6.07, 6.45) is -4.03. The van der Waals surface area contributed by atoms with E-state index in [1.807, 2.05) is 0 Å². The van der Waals surface area contributed by atoms with E-state index < -0.39 is 29.0 Å². The Kier molecular flexibility index (Phi) is 2.97. The third kappa shape index (κ3) is 2.06. The van der Waals surface area contributed by atoms with E-state index in [0.717, 1.165) is 18.6 Å². The van der Waals surface area contributed by atoms with Crippen LogP contribution in [0.3, 0.4) is 0 Å². The zero-order chi connectivity index (χ0) is 14.5. The van der Waals surface area contributed by atoms with E-state index in [1.54, 1.807) is 0 Å². The Labute approximate surface area is 112 Å². The minimum atomic E-state index is -4.80. The SMILES string of the molecule is O=C(c1cccc(C(F)(F)F)c1F)N1CC2CC1CN2. The summed E-state index contributed by atoms with van der Waals surface area (Å²) in [6.45, 7) is 1.02. The van der Waals surface area contributed by atoms with Crippen LogP contribution < -0.4 is 5.32 Å². The highest BCUT2D eigenvalue weighted by Crippen LogP contribution is 2.33. The van der Waals surface area contributed by atoms with Gasteiger partial charge >= 0.3 is 6.18 Å². The van der Waals surface area contributed by atoms with Crippen molar-refractivity contribution < 1.29 is 22.4 Å². The maximum absolute atomic E-state index is 13.9. The van der Waals surface area contributed by atoms with E-state index in [2.05, 4.69) is 5.32 Å². The van der Waals surface area contributed by atoms with Crippen molar-refractivity contribution in [1.29, 1.82) is 0 Å². The number of carbonyl (C=O) groups is 1. The molecule has 3 nitrogen and oxygen atoms in total. The molecule has 1 N–H and O–H groups in total. The molecule has 0 saturated carbocycles. The lowest BCUT2D eigenvalue weighted by Gasteiger charge is -2.27. The molecule has 0 aliphatic carbocycles. The van der Waals surface area contributed by atoms with Crippen LogP contribution in [0.1, 0.15) is 22.3 Å². The molecule has 1 aromatic rings. The Morgan fingerprint density at radius 3 is 2.65 bits per heavy atom. The van der Waals surface area contributed by atoms with Gasteiger partial charge in [-0.1, -0.05) is 6.07 Å². The second-order valence-electron chi connectivity index (χ2n) is 5.12. The molecule has 3 rings (SSSR count). The van der Waals surface area contributed by atoms with Crippen LogP contribution in [0.5, 0.6) is 0 Å². The van der Waals surface area contributed by atoms with Crippen molar-refractivity contribution in [3.63, 3.8) is 0 Å². The smallest absolute Gasteiger partial charge is 0.333 e. The molecule has 1 amide bonds. The van der Waals surface area contributed by atoms with Gasteiger partial charge in [-0.25, -0.2) is 4.39 Å². The van der Waals surface area contributed by atoms with E-state index in [1.165, 1.54) is 4.90 Å². The molecule has 2 saturated heterocycles. The molecular formula is C13H12F4N2O. The lowest BCUT2D eigenvalue weighted by molar-refractivity contribution is -0.140. The Morgan fingerprint density at radius 2 is 2.10 bits per heavy atom. The van der Waals surface area contributed by atoms with Crippen molar-refractivity contribution in [3.8, 4) is 0 Å². The minimum absolute atomic E-state index is 0.0542. The van der Waals surface area contributed by atoms with Gasteiger partial charge in [0, 0.05) is 25.2 Å². The highest BCUT2D eigenvalue weighted by molar-refractivity contribution is 5.95. The molecule has 1 aromatic carbocycles. The first-order valence-electron chi connectivity index (χ1n) is 6.28. The van der Waals surface area contributed by atoms with Crippen molar-refractivity contribution in [2.24, 2.45) is 0 Å². The largest absolute Gasteiger partial charge is 0.419 e. The molecule has 0 aromatic heterocycles. The number of fused-ring (bicyclic) bond motifs is 2. The number of benzene rings is 1. The molecule has 2 aliphatic heterocycles. The summed E-state index contributed by atoms with van der Waals surface area (Å²) in [6, 6.07) is 2.92. The average molecular weight is 288 g/mol.